The Labute approximate surface area is 156 Å². The summed E-state index contributed by atoms with van der Waals surface area (Å²) in [6, 6.07) is 11.3. The first kappa shape index (κ1) is 19.5. The van der Waals surface area contributed by atoms with Gasteiger partial charge in [-0.05, 0) is 37.1 Å². The van der Waals surface area contributed by atoms with Crippen LogP contribution in [0.2, 0.25) is 0 Å². The topological polar surface area (TPSA) is 117 Å². The Morgan fingerprint density at radius 3 is 2.63 bits per heavy atom. The van der Waals surface area contributed by atoms with Crippen molar-refractivity contribution in [2.45, 2.75) is 13.8 Å². The van der Waals surface area contributed by atoms with Gasteiger partial charge < -0.3 is 15.4 Å². The third-order valence-corrected chi connectivity index (χ3v) is 3.98. The second-order valence-electron chi connectivity index (χ2n) is 5.66. The lowest BCUT2D eigenvalue weighted by Gasteiger charge is -2.11. The maximum absolute atomic E-state index is 12.4. The van der Waals surface area contributed by atoms with Crippen LogP contribution in [0.15, 0.2) is 48.2 Å². The van der Waals surface area contributed by atoms with Crippen LogP contribution in [0.4, 0.5) is 17.1 Å². The predicted molar refractivity (Wildman–Crippen MR) is 102 cm³/mol. The van der Waals surface area contributed by atoms with E-state index < -0.39 is 10.8 Å². The number of carbonyl (C=O) groups is 1. The van der Waals surface area contributed by atoms with E-state index in [4.69, 9.17) is 4.74 Å². The van der Waals surface area contributed by atoms with Crippen LogP contribution in [-0.2, 0) is 4.79 Å². The lowest BCUT2D eigenvalue weighted by molar-refractivity contribution is -0.384. The van der Waals surface area contributed by atoms with Crippen molar-refractivity contribution in [2.75, 3.05) is 17.7 Å². The van der Waals surface area contributed by atoms with Crippen LogP contribution in [0.3, 0.4) is 0 Å². The van der Waals surface area contributed by atoms with Crippen molar-refractivity contribution in [2.24, 2.45) is 0 Å². The smallest absolute Gasteiger partial charge is 0.271 e. The third-order valence-electron chi connectivity index (χ3n) is 3.98. The molecule has 8 nitrogen and oxygen atoms in total. The molecule has 0 heterocycles. The van der Waals surface area contributed by atoms with Crippen LogP contribution < -0.4 is 15.4 Å². The molecule has 8 heteroatoms. The predicted octanol–water partition coefficient (Wildman–Crippen LogP) is 3.68. The number of carbonyl (C=O) groups excluding carboxylic acids is 1. The highest BCUT2D eigenvalue weighted by molar-refractivity contribution is 6.07. The summed E-state index contributed by atoms with van der Waals surface area (Å²) >= 11 is 0. The summed E-state index contributed by atoms with van der Waals surface area (Å²) < 4.78 is 5.13. The number of nitriles is 1. The monoisotopic (exact) mass is 366 g/mol. The van der Waals surface area contributed by atoms with Crippen LogP contribution in [0.5, 0.6) is 5.75 Å². The fraction of sp³-hybridized carbons (Fsp3) is 0.158. The van der Waals surface area contributed by atoms with Crippen molar-refractivity contribution in [3.8, 4) is 11.8 Å². The maximum atomic E-state index is 12.4. The minimum atomic E-state index is -0.594. The lowest BCUT2D eigenvalue weighted by atomic mass is 10.1. The lowest BCUT2D eigenvalue weighted by Crippen LogP contribution is -2.15. The second-order valence-corrected chi connectivity index (χ2v) is 5.66. The van der Waals surface area contributed by atoms with Crippen LogP contribution in [0.1, 0.15) is 11.1 Å². The molecule has 0 aromatic heterocycles. The summed E-state index contributed by atoms with van der Waals surface area (Å²) in [4.78, 5) is 22.8. The van der Waals surface area contributed by atoms with Crippen LogP contribution in [0.25, 0.3) is 0 Å². The highest BCUT2D eigenvalue weighted by atomic mass is 16.6. The van der Waals surface area contributed by atoms with Gasteiger partial charge in [0, 0.05) is 24.0 Å². The molecule has 138 valence electrons. The average molecular weight is 366 g/mol. The average Bonchev–Trinajstić information content (AvgIpc) is 2.65. The minimum Gasteiger partial charge on any atom is -0.495 e. The van der Waals surface area contributed by atoms with Crippen LogP contribution in [0, 0.1) is 35.3 Å². The Kier molecular flexibility index (Phi) is 6.12. The molecule has 0 fully saturated rings. The van der Waals surface area contributed by atoms with E-state index in [9.17, 15) is 20.2 Å². The standard InChI is InChI=1S/C19H18N4O4/c1-12-5-4-6-16(13(12)2)22-19(24)14(10-20)11-21-17-9-15(23(25)26)7-8-18(17)27-3/h4-9,11,21H,1-3H3,(H,22,24)/b14-11-. The number of non-ortho nitro benzene ring substituents is 1. The Hall–Kier alpha value is -3.86. The third kappa shape index (κ3) is 4.61. The number of methoxy groups -OCH3 is 1. The van der Waals surface area contributed by atoms with Crippen molar-refractivity contribution in [3.05, 3.63) is 69.4 Å². The molecule has 0 saturated heterocycles. The molecule has 0 saturated carbocycles. The molecule has 0 spiro atoms. The van der Waals surface area contributed by atoms with Gasteiger partial charge in [-0.15, -0.1) is 0 Å². The van der Waals surface area contributed by atoms with E-state index in [-0.39, 0.29) is 16.9 Å². The summed E-state index contributed by atoms with van der Waals surface area (Å²) in [6.07, 6.45) is 1.18. The van der Waals surface area contributed by atoms with E-state index >= 15 is 0 Å². The zero-order valence-electron chi connectivity index (χ0n) is 15.1. The van der Waals surface area contributed by atoms with Gasteiger partial charge in [0.2, 0.25) is 0 Å². The Morgan fingerprint density at radius 1 is 1.26 bits per heavy atom. The number of nitro groups is 1. The van der Waals surface area contributed by atoms with E-state index in [1.54, 1.807) is 12.1 Å². The van der Waals surface area contributed by atoms with Crippen molar-refractivity contribution in [1.29, 1.82) is 5.26 Å². The maximum Gasteiger partial charge on any atom is 0.271 e. The van der Waals surface area contributed by atoms with E-state index in [1.165, 1.54) is 31.5 Å². The highest BCUT2D eigenvalue weighted by Gasteiger charge is 2.14. The Balaban J connectivity index is 2.25. The molecule has 0 unspecified atom stereocenters. The van der Waals surface area contributed by atoms with Crippen LogP contribution >= 0.6 is 0 Å². The summed E-state index contributed by atoms with van der Waals surface area (Å²) in [7, 11) is 1.41. The minimum absolute atomic E-state index is 0.148. The normalized spacial score (nSPS) is 10.7. The molecule has 2 aromatic carbocycles. The number of amides is 1. The van der Waals surface area contributed by atoms with Crippen molar-refractivity contribution < 1.29 is 14.5 Å². The summed E-state index contributed by atoms with van der Waals surface area (Å²) in [5.74, 6) is -0.257. The molecule has 0 aliphatic heterocycles. The first-order valence-electron chi connectivity index (χ1n) is 7.94. The molecule has 0 bridgehead atoms. The molecule has 27 heavy (non-hydrogen) atoms. The van der Waals surface area contributed by atoms with Gasteiger partial charge in [-0.1, -0.05) is 12.1 Å². The molecule has 2 rings (SSSR count). The first-order valence-corrected chi connectivity index (χ1v) is 7.94. The summed E-state index contributed by atoms with van der Waals surface area (Å²) in [6.45, 7) is 3.79. The van der Waals surface area contributed by atoms with Gasteiger partial charge in [-0.25, -0.2) is 0 Å². The van der Waals surface area contributed by atoms with E-state index in [2.05, 4.69) is 10.6 Å². The highest BCUT2D eigenvalue weighted by Crippen LogP contribution is 2.29. The largest absolute Gasteiger partial charge is 0.495 e. The SMILES string of the molecule is COc1ccc([N+](=O)[O-])cc1N/C=C(/C#N)C(=O)Nc1cccc(C)c1C. The number of aryl methyl sites for hydroxylation is 1. The molecule has 0 aliphatic carbocycles. The number of nitrogens with zero attached hydrogens (tertiary/aromatic N) is 2. The molecule has 2 N–H and O–H groups in total. The molecular weight excluding hydrogens is 348 g/mol. The second kappa shape index (κ2) is 8.49. The van der Waals surface area contributed by atoms with Gasteiger partial charge in [0.15, 0.2) is 0 Å². The van der Waals surface area contributed by atoms with Crippen molar-refractivity contribution >= 4 is 23.0 Å². The fourth-order valence-corrected chi connectivity index (χ4v) is 2.30. The number of anilines is 2. The van der Waals surface area contributed by atoms with Gasteiger partial charge in [0.1, 0.15) is 17.4 Å². The number of nitro benzene ring substituents is 1. The van der Waals surface area contributed by atoms with Crippen molar-refractivity contribution in [1.82, 2.24) is 0 Å². The van der Waals surface area contributed by atoms with E-state index in [0.717, 1.165) is 11.1 Å². The van der Waals surface area contributed by atoms with Gasteiger partial charge in [0.25, 0.3) is 11.6 Å². The van der Waals surface area contributed by atoms with E-state index in [1.807, 2.05) is 26.0 Å². The quantitative estimate of drug-likeness (QED) is 0.348. The fourth-order valence-electron chi connectivity index (χ4n) is 2.30. The number of hydrogen-bond acceptors (Lipinski definition) is 6. The number of nitrogens with one attached hydrogen (secondary N) is 2. The van der Waals surface area contributed by atoms with Gasteiger partial charge in [-0.3, -0.25) is 14.9 Å². The van der Waals surface area contributed by atoms with Gasteiger partial charge in [0.05, 0.1) is 17.7 Å². The molecule has 2 aromatic rings. The summed E-state index contributed by atoms with van der Waals surface area (Å²) in [5, 5.41) is 25.6. The Bertz CT molecular complexity index is 961. The zero-order chi connectivity index (χ0) is 20.0. The molecular formula is C19H18N4O4. The van der Waals surface area contributed by atoms with Crippen molar-refractivity contribution in [3.63, 3.8) is 0 Å². The van der Waals surface area contributed by atoms with Gasteiger partial charge in [-0.2, -0.15) is 5.26 Å². The summed E-state index contributed by atoms with van der Waals surface area (Å²) in [5.41, 5.74) is 2.44. The molecule has 0 radical (unpaired) electrons. The Morgan fingerprint density at radius 2 is 2.00 bits per heavy atom. The van der Waals surface area contributed by atoms with Gasteiger partial charge >= 0.3 is 0 Å². The number of rotatable bonds is 6. The molecule has 0 aliphatic rings. The molecule has 0 atom stereocenters. The number of hydrogen-bond donors (Lipinski definition) is 2. The first-order chi connectivity index (χ1) is 12.9. The number of benzene rings is 2. The zero-order valence-corrected chi connectivity index (χ0v) is 15.1. The van der Waals surface area contributed by atoms with E-state index in [0.29, 0.717) is 11.4 Å². The molecule has 1 amide bonds. The number of ether oxygens (including phenoxy) is 1. The van der Waals surface area contributed by atoms with Crippen LogP contribution in [-0.4, -0.2) is 17.9 Å².